The van der Waals surface area contributed by atoms with E-state index >= 15 is 0 Å². The number of morpholine rings is 1. The molecule has 0 amide bonds. The van der Waals surface area contributed by atoms with Crippen LogP contribution in [0.25, 0.3) is 5.57 Å². The molecule has 6 heteroatoms. The summed E-state index contributed by atoms with van der Waals surface area (Å²) in [6.45, 7) is 8.09. The molecule has 1 fully saturated rings. The van der Waals surface area contributed by atoms with Crippen LogP contribution in [0.15, 0.2) is 72.8 Å². The Morgan fingerprint density at radius 1 is 1.08 bits per heavy atom. The first-order chi connectivity index (χ1) is 18.4. The highest BCUT2D eigenvalue weighted by molar-refractivity contribution is 6.30. The fraction of sp³-hybridized carbons (Fsp3) is 0.281. The number of hydrogen-bond acceptors (Lipinski definition) is 4. The number of rotatable bonds is 8. The highest BCUT2D eigenvalue weighted by atomic mass is 35.5. The van der Waals surface area contributed by atoms with Crippen molar-refractivity contribution < 1.29 is 19.4 Å². The van der Waals surface area contributed by atoms with Gasteiger partial charge in [-0.2, -0.15) is 0 Å². The molecule has 0 bridgehead atoms. The second-order valence-corrected chi connectivity index (χ2v) is 9.72. The minimum Gasteiger partial charge on any atom is -0.490 e. The minimum absolute atomic E-state index is 0.354. The van der Waals surface area contributed by atoms with E-state index < -0.39 is 11.9 Å². The van der Waals surface area contributed by atoms with Crippen molar-refractivity contribution in [1.82, 2.24) is 4.90 Å². The maximum Gasteiger partial charge on any atom is 0.310 e. The van der Waals surface area contributed by atoms with Crippen molar-refractivity contribution in [2.75, 3.05) is 39.5 Å². The molecule has 1 aliphatic rings. The van der Waals surface area contributed by atoms with Gasteiger partial charge in [-0.1, -0.05) is 53.8 Å². The highest BCUT2D eigenvalue weighted by Crippen LogP contribution is 2.27. The zero-order valence-corrected chi connectivity index (χ0v) is 22.5. The van der Waals surface area contributed by atoms with Crippen molar-refractivity contribution >= 4 is 23.1 Å². The molecule has 0 radical (unpaired) electrons. The first-order valence-electron chi connectivity index (χ1n) is 12.7. The van der Waals surface area contributed by atoms with Crippen LogP contribution in [-0.2, 0) is 9.53 Å². The van der Waals surface area contributed by atoms with Crippen LogP contribution >= 0.6 is 11.6 Å². The van der Waals surface area contributed by atoms with Crippen LogP contribution in [0.4, 0.5) is 0 Å². The number of aryl methyl sites for hydroxylation is 1. The van der Waals surface area contributed by atoms with Crippen molar-refractivity contribution in [3.05, 3.63) is 106 Å². The maximum atomic E-state index is 11.4. The molecule has 1 N–H and O–H groups in total. The third-order valence-electron chi connectivity index (χ3n) is 6.61. The summed E-state index contributed by atoms with van der Waals surface area (Å²) >= 11 is 6.13. The molecule has 3 aromatic rings. The minimum atomic E-state index is -0.841. The van der Waals surface area contributed by atoms with Crippen molar-refractivity contribution in [2.45, 2.75) is 19.8 Å². The van der Waals surface area contributed by atoms with Crippen LogP contribution in [0.1, 0.15) is 40.7 Å². The van der Waals surface area contributed by atoms with Gasteiger partial charge in [-0.25, -0.2) is 0 Å². The Morgan fingerprint density at radius 2 is 1.74 bits per heavy atom. The van der Waals surface area contributed by atoms with Crippen LogP contribution < -0.4 is 4.74 Å². The Bertz CT molecular complexity index is 1330. The molecule has 1 aliphatic heterocycles. The second-order valence-electron chi connectivity index (χ2n) is 9.28. The lowest BCUT2D eigenvalue weighted by atomic mass is 9.96. The maximum absolute atomic E-state index is 11.4. The Balaban J connectivity index is 1.49. The van der Waals surface area contributed by atoms with Gasteiger partial charge in [0.25, 0.3) is 0 Å². The topological polar surface area (TPSA) is 59.0 Å². The highest BCUT2D eigenvalue weighted by Gasteiger charge is 2.16. The molecule has 196 valence electrons. The average Bonchev–Trinajstić information content (AvgIpc) is 2.93. The molecule has 5 nitrogen and oxygen atoms in total. The average molecular weight is 530 g/mol. The number of halogens is 1. The van der Waals surface area contributed by atoms with E-state index in [0.29, 0.717) is 17.4 Å². The number of carboxylic acid groups (broad SMARTS) is 1. The van der Waals surface area contributed by atoms with E-state index in [1.54, 1.807) is 6.92 Å². The Morgan fingerprint density at radius 3 is 2.37 bits per heavy atom. The number of ether oxygens (including phenoxy) is 2. The zero-order valence-electron chi connectivity index (χ0n) is 21.7. The van der Waals surface area contributed by atoms with Gasteiger partial charge in [0.1, 0.15) is 12.4 Å². The molecule has 1 unspecified atom stereocenters. The predicted octanol–water partition coefficient (Wildman–Crippen LogP) is 6.03. The summed E-state index contributed by atoms with van der Waals surface area (Å²) in [5.41, 5.74) is 5.77. The third kappa shape index (κ3) is 7.49. The summed E-state index contributed by atoms with van der Waals surface area (Å²) in [4.78, 5) is 13.7. The lowest BCUT2D eigenvalue weighted by Crippen LogP contribution is -2.36. The van der Waals surface area contributed by atoms with Gasteiger partial charge in [-0.05, 0) is 84.1 Å². The van der Waals surface area contributed by atoms with Gasteiger partial charge in [0, 0.05) is 23.7 Å². The van der Waals surface area contributed by atoms with Gasteiger partial charge in [0.2, 0.25) is 0 Å². The SMILES string of the molecule is Cc1cc(OC/C=C(/c2ccc(Cl)cc2)c2ccc(C#CCN3CCOCC3)cc2)ccc1C(C)C(=O)O. The smallest absolute Gasteiger partial charge is 0.310 e. The molecular formula is C32H32ClNO4. The number of carbonyl (C=O) groups is 1. The number of benzene rings is 3. The zero-order chi connectivity index (χ0) is 26.9. The summed E-state index contributed by atoms with van der Waals surface area (Å²) in [6, 6.07) is 21.5. The molecule has 0 aromatic heterocycles. The van der Waals surface area contributed by atoms with Gasteiger partial charge in [0.15, 0.2) is 0 Å². The third-order valence-corrected chi connectivity index (χ3v) is 6.86. The number of hydrogen-bond donors (Lipinski definition) is 1. The summed E-state index contributed by atoms with van der Waals surface area (Å²) in [5, 5.41) is 10.0. The van der Waals surface area contributed by atoms with E-state index in [1.807, 2.05) is 67.6 Å². The summed E-state index contributed by atoms with van der Waals surface area (Å²) < 4.78 is 11.4. The first-order valence-corrected chi connectivity index (χ1v) is 13.1. The second kappa shape index (κ2) is 13.3. The van der Waals surface area contributed by atoms with E-state index in [2.05, 4.69) is 28.9 Å². The summed E-state index contributed by atoms with van der Waals surface area (Å²) in [6.07, 6.45) is 2.05. The fourth-order valence-corrected chi connectivity index (χ4v) is 4.48. The molecule has 1 heterocycles. The quantitative estimate of drug-likeness (QED) is 0.361. The van der Waals surface area contributed by atoms with Crippen LogP contribution in [0.3, 0.4) is 0 Å². The van der Waals surface area contributed by atoms with E-state index in [-0.39, 0.29) is 0 Å². The standard InChI is InChI=1S/C32H32ClNO4/c1-23-22-29(13-14-30(23)24(2)32(35)36)38-19-15-31(27-9-11-28(33)12-10-27)26-7-5-25(6-8-26)4-3-16-34-17-20-37-21-18-34/h5-15,22,24H,16-21H2,1-2H3,(H,35,36)/b31-15+. The van der Waals surface area contributed by atoms with Crippen LogP contribution in [0.5, 0.6) is 5.75 Å². The lowest BCUT2D eigenvalue weighted by Gasteiger charge is -2.24. The molecule has 0 aliphatic carbocycles. The molecular weight excluding hydrogens is 498 g/mol. The first kappa shape index (κ1) is 27.5. The molecule has 4 rings (SSSR count). The molecule has 0 saturated carbocycles. The summed E-state index contributed by atoms with van der Waals surface area (Å²) in [5.74, 6) is 5.83. The predicted molar refractivity (Wildman–Crippen MR) is 152 cm³/mol. The van der Waals surface area contributed by atoms with Crippen LogP contribution in [0.2, 0.25) is 5.02 Å². The lowest BCUT2D eigenvalue weighted by molar-refractivity contribution is -0.138. The monoisotopic (exact) mass is 529 g/mol. The van der Waals surface area contributed by atoms with E-state index in [4.69, 9.17) is 21.1 Å². The van der Waals surface area contributed by atoms with Crippen LogP contribution in [-0.4, -0.2) is 55.4 Å². The van der Waals surface area contributed by atoms with Gasteiger partial charge >= 0.3 is 5.97 Å². The van der Waals surface area contributed by atoms with Crippen molar-refractivity contribution in [3.8, 4) is 17.6 Å². The van der Waals surface area contributed by atoms with Gasteiger partial charge < -0.3 is 14.6 Å². The normalized spacial score (nSPS) is 14.9. The van der Waals surface area contributed by atoms with Gasteiger partial charge in [-0.15, -0.1) is 0 Å². The number of nitrogens with zero attached hydrogens (tertiary/aromatic N) is 1. The molecule has 1 saturated heterocycles. The fourth-order valence-electron chi connectivity index (χ4n) is 4.36. The number of carboxylic acids is 1. The van der Waals surface area contributed by atoms with E-state index in [1.165, 1.54) is 0 Å². The van der Waals surface area contributed by atoms with Crippen molar-refractivity contribution in [1.29, 1.82) is 0 Å². The van der Waals surface area contributed by atoms with Gasteiger partial charge in [-0.3, -0.25) is 9.69 Å². The van der Waals surface area contributed by atoms with Gasteiger partial charge in [0.05, 0.1) is 25.7 Å². The summed E-state index contributed by atoms with van der Waals surface area (Å²) in [7, 11) is 0. The van der Waals surface area contributed by atoms with Crippen molar-refractivity contribution in [2.24, 2.45) is 0 Å². The van der Waals surface area contributed by atoms with E-state index in [9.17, 15) is 9.90 Å². The van der Waals surface area contributed by atoms with Crippen molar-refractivity contribution in [3.63, 3.8) is 0 Å². The Kier molecular flexibility index (Phi) is 9.62. The largest absolute Gasteiger partial charge is 0.490 e. The molecule has 3 aromatic carbocycles. The Hall–Kier alpha value is -3.56. The number of aliphatic carboxylic acids is 1. The molecule has 38 heavy (non-hydrogen) atoms. The van der Waals surface area contributed by atoms with Crippen LogP contribution in [0, 0.1) is 18.8 Å². The van der Waals surface area contributed by atoms with E-state index in [0.717, 1.165) is 66.2 Å². The Labute approximate surface area is 229 Å². The molecule has 0 spiro atoms. The molecule has 1 atom stereocenters.